The Morgan fingerprint density at radius 1 is 1.23 bits per heavy atom. The second kappa shape index (κ2) is 7.01. The van der Waals surface area contributed by atoms with Gasteiger partial charge in [-0.15, -0.1) is 10.2 Å². The highest BCUT2D eigenvalue weighted by molar-refractivity contribution is 7.15. The largest absolute Gasteiger partial charge is 0.300 e. The average Bonchev–Trinajstić information content (AvgIpc) is 2.99. The average molecular weight is 315 g/mol. The van der Waals surface area contributed by atoms with Crippen molar-refractivity contribution in [1.82, 2.24) is 10.2 Å². The lowest BCUT2D eigenvalue weighted by molar-refractivity contribution is -0.115. The smallest absolute Gasteiger partial charge is 0.230 e. The Kier molecular flexibility index (Phi) is 4.83. The van der Waals surface area contributed by atoms with Crippen molar-refractivity contribution in [3.05, 3.63) is 40.4 Å². The van der Waals surface area contributed by atoms with Crippen LogP contribution in [0.4, 0.5) is 5.13 Å². The molecule has 0 aliphatic heterocycles. The molecule has 5 heteroatoms. The highest BCUT2D eigenvalue weighted by Crippen LogP contribution is 2.35. The molecular weight excluding hydrogens is 294 g/mol. The van der Waals surface area contributed by atoms with Gasteiger partial charge in [-0.1, -0.05) is 54.9 Å². The van der Waals surface area contributed by atoms with E-state index in [4.69, 9.17) is 0 Å². The van der Waals surface area contributed by atoms with Crippen molar-refractivity contribution in [2.75, 3.05) is 5.32 Å². The van der Waals surface area contributed by atoms with Gasteiger partial charge in [-0.25, -0.2) is 0 Å². The van der Waals surface area contributed by atoms with Gasteiger partial charge in [-0.05, 0) is 30.9 Å². The number of aryl methyl sites for hydroxylation is 1. The topological polar surface area (TPSA) is 54.9 Å². The molecule has 1 fully saturated rings. The Bertz CT molecular complexity index is 647. The number of nitrogens with one attached hydrogen (secondary N) is 1. The van der Waals surface area contributed by atoms with Gasteiger partial charge < -0.3 is 5.32 Å². The molecule has 1 aromatic heterocycles. The van der Waals surface area contributed by atoms with Crippen molar-refractivity contribution in [1.29, 1.82) is 0 Å². The zero-order chi connectivity index (χ0) is 15.4. The van der Waals surface area contributed by atoms with E-state index >= 15 is 0 Å². The van der Waals surface area contributed by atoms with E-state index in [1.807, 2.05) is 31.2 Å². The van der Waals surface area contributed by atoms with Crippen molar-refractivity contribution < 1.29 is 4.79 Å². The van der Waals surface area contributed by atoms with Gasteiger partial charge in [0.1, 0.15) is 5.01 Å². The van der Waals surface area contributed by atoms with Gasteiger partial charge in [-0.3, -0.25) is 4.79 Å². The molecule has 0 atom stereocenters. The van der Waals surface area contributed by atoms with Crippen LogP contribution in [0.25, 0.3) is 0 Å². The first kappa shape index (κ1) is 15.2. The maximum absolute atomic E-state index is 12.1. The zero-order valence-electron chi connectivity index (χ0n) is 12.8. The summed E-state index contributed by atoms with van der Waals surface area (Å²) >= 11 is 1.53. The Balaban J connectivity index is 1.60. The summed E-state index contributed by atoms with van der Waals surface area (Å²) in [5.41, 5.74) is 2.19. The summed E-state index contributed by atoms with van der Waals surface area (Å²) in [7, 11) is 0. The molecule has 0 saturated heterocycles. The third kappa shape index (κ3) is 3.71. The maximum Gasteiger partial charge on any atom is 0.230 e. The van der Waals surface area contributed by atoms with E-state index < -0.39 is 0 Å². The van der Waals surface area contributed by atoms with E-state index in [0.29, 0.717) is 17.5 Å². The first-order chi connectivity index (χ1) is 10.7. The maximum atomic E-state index is 12.1. The molecule has 0 unspecified atom stereocenters. The van der Waals surface area contributed by atoms with Crippen LogP contribution in [-0.2, 0) is 11.2 Å². The van der Waals surface area contributed by atoms with E-state index in [2.05, 4.69) is 15.5 Å². The minimum atomic E-state index is -0.0272. The number of anilines is 1. The minimum absolute atomic E-state index is 0.0272. The predicted octanol–water partition coefficient (Wildman–Crippen LogP) is 4.08. The van der Waals surface area contributed by atoms with Crippen molar-refractivity contribution in [2.24, 2.45) is 0 Å². The Hall–Kier alpha value is -1.75. The van der Waals surface area contributed by atoms with Crippen LogP contribution in [0.15, 0.2) is 24.3 Å². The van der Waals surface area contributed by atoms with Crippen LogP contribution >= 0.6 is 11.3 Å². The monoisotopic (exact) mass is 315 g/mol. The highest BCUT2D eigenvalue weighted by atomic mass is 32.1. The number of hydrogen-bond donors (Lipinski definition) is 1. The fraction of sp³-hybridized carbons (Fsp3) is 0.471. The van der Waals surface area contributed by atoms with Gasteiger partial charge in [0.15, 0.2) is 0 Å². The number of carbonyl (C=O) groups is 1. The first-order valence-electron chi connectivity index (χ1n) is 7.90. The van der Waals surface area contributed by atoms with E-state index in [1.54, 1.807) is 0 Å². The molecule has 0 bridgehead atoms. The number of benzene rings is 1. The van der Waals surface area contributed by atoms with Crippen molar-refractivity contribution in [3.8, 4) is 0 Å². The van der Waals surface area contributed by atoms with E-state index in [1.165, 1.54) is 43.4 Å². The summed E-state index contributed by atoms with van der Waals surface area (Å²) in [6, 6.07) is 7.96. The molecule has 1 saturated carbocycles. The number of rotatable bonds is 4. The van der Waals surface area contributed by atoms with Crippen LogP contribution in [0.1, 0.15) is 54.2 Å². The van der Waals surface area contributed by atoms with E-state index in [-0.39, 0.29) is 5.91 Å². The molecule has 2 aromatic rings. The Labute approximate surface area is 135 Å². The highest BCUT2D eigenvalue weighted by Gasteiger charge is 2.20. The molecule has 1 N–H and O–H groups in total. The fourth-order valence-corrected chi connectivity index (χ4v) is 3.87. The molecule has 0 spiro atoms. The molecule has 3 rings (SSSR count). The second-order valence-corrected chi connectivity index (χ2v) is 6.94. The van der Waals surface area contributed by atoms with Crippen molar-refractivity contribution in [3.63, 3.8) is 0 Å². The standard InChI is InChI=1S/C17H21N3OS/c1-12-7-5-6-10-14(12)11-15(21)18-17-20-19-16(22-17)13-8-3-2-4-9-13/h5-7,10,13H,2-4,8-9,11H2,1H3,(H,18,20,21). The van der Waals surface area contributed by atoms with E-state index in [0.717, 1.165) is 16.1 Å². The molecule has 1 heterocycles. The summed E-state index contributed by atoms with van der Waals surface area (Å²) in [4.78, 5) is 12.1. The molecule has 116 valence electrons. The summed E-state index contributed by atoms with van der Waals surface area (Å²) < 4.78 is 0. The quantitative estimate of drug-likeness (QED) is 0.925. The normalized spacial score (nSPS) is 15.7. The number of aromatic nitrogens is 2. The molecule has 0 radical (unpaired) electrons. The molecule has 1 aromatic carbocycles. The van der Waals surface area contributed by atoms with Gasteiger partial charge in [0.25, 0.3) is 0 Å². The van der Waals surface area contributed by atoms with Gasteiger partial charge in [0, 0.05) is 5.92 Å². The van der Waals surface area contributed by atoms with Crippen LogP contribution < -0.4 is 5.32 Å². The second-order valence-electron chi connectivity index (χ2n) is 5.93. The molecule has 1 amide bonds. The van der Waals surface area contributed by atoms with Crippen molar-refractivity contribution >= 4 is 22.4 Å². The minimum Gasteiger partial charge on any atom is -0.300 e. The molecule has 22 heavy (non-hydrogen) atoms. The Morgan fingerprint density at radius 2 is 2.00 bits per heavy atom. The lowest BCUT2D eigenvalue weighted by atomic mass is 9.90. The fourth-order valence-electron chi connectivity index (χ4n) is 2.94. The van der Waals surface area contributed by atoms with E-state index in [9.17, 15) is 4.79 Å². The van der Waals surface area contributed by atoms with Crippen LogP contribution in [0.2, 0.25) is 0 Å². The van der Waals surface area contributed by atoms with Gasteiger partial charge in [0.05, 0.1) is 6.42 Å². The van der Waals surface area contributed by atoms with Crippen LogP contribution in [-0.4, -0.2) is 16.1 Å². The summed E-state index contributed by atoms with van der Waals surface area (Å²) in [6.45, 7) is 2.02. The molecule has 1 aliphatic carbocycles. The summed E-state index contributed by atoms with van der Waals surface area (Å²) in [6.07, 6.45) is 6.66. The molecule has 4 nitrogen and oxygen atoms in total. The summed E-state index contributed by atoms with van der Waals surface area (Å²) in [5.74, 6) is 0.508. The SMILES string of the molecule is Cc1ccccc1CC(=O)Nc1nnc(C2CCCCC2)s1. The number of hydrogen-bond acceptors (Lipinski definition) is 4. The third-order valence-electron chi connectivity index (χ3n) is 4.25. The van der Waals surface area contributed by atoms with Gasteiger partial charge in [-0.2, -0.15) is 0 Å². The number of carbonyl (C=O) groups excluding carboxylic acids is 1. The zero-order valence-corrected chi connectivity index (χ0v) is 13.7. The number of amides is 1. The lowest BCUT2D eigenvalue weighted by Gasteiger charge is -2.18. The first-order valence-corrected chi connectivity index (χ1v) is 8.72. The van der Waals surface area contributed by atoms with Crippen LogP contribution in [0.5, 0.6) is 0 Å². The Morgan fingerprint density at radius 3 is 2.77 bits per heavy atom. The number of nitrogens with zero attached hydrogens (tertiary/aromatic N) is 2. The predicted molar refractivity (Wildman–Crippen MR) is 89.2 cm³/mol. The molecule has 1 aliphatic rings. The van der Waals surface area contributed by atoms with Gasteiger partial charge in [0.2, 0.25) is 11.0 Å². The summed E-state index contributed by atoms with van der Waals surface area (Å²) in [5, 5.41) is 13.0. The van der Waals surface area contributed by atoms with Gasteiger partial charge >= 0.3 is 0 Å². The van der Waals surface area contributed by atoms with Crippen LogP contribution in [0, 0.1) is 6.92 Å². The lowest BCUT2D eigenvalue weighted by Crippen LogP contribution is -2.14. The van der Waals surface area contributed by atoms with Crippen LogP contribution in [0.3, 0.4) is 0 Å². The van der Waals surface area contributed by atoms with Crippen molar-refractivity contribution in [2.45, 2.75) is 51.4 Å². The molecular formula is C17H21N3OS. The third-order valence-corrected chi connectivity index (χ3v) is 5.25.